The van der Waals surface area contributed by atoms with Crippen LogP contribution in [0.25, 0.3) is 0 Å². The lowest BCUT2D eigenvalue weighted by atomic mass is 9.80. The van der Waals surface area contributed by atoms with Gasteiger partial charge in [0.1, 0.15) is 11.9 Å². The quantitative estimate of drug-likeness (QED) is 0.230. The molecule has 2 aliphatic heterocycles. The van der Waals surface area contributed by atoms with E-state index < -0.39 is 0 Å². The van der Waals surface area contributed by atoms with E-state index in [9.17, 15) is 9.59 Å². The van der Waals surface area contributed by atoms with Gasteiger partial charge in [-0.25, -0.2) is 4.98 Å². The van der Waals surface area contributed by atoms with E-state index in [1.165, 1.54) is 0 Å². The number of pyridine rings is 1. The maximum Gasteiger partial charge on any atom is 0.228 e. The first-order valence-corrected chi connectivity index (χ1v) is 18.3. The number of piperidine rings is 1. The van der Waals surface area contributed by atoms with E-state index in [4.69, 9.17) is 44.5 Å². The molecule has 3 aromatic rings. The summed E-state index contributed by atoms with van der Waals surface area (Å²) in [6, 6.07) is 14.2. The van der Waals surface area contributed by atoms with Crippen LogP contribution in [0.3, 0.4) is 0 Å². The molecule has 2 aliphatic carbocycles. The predicted octanol–water partition coefficient (Wildman–Crippen LogP) is 6.71. The Balaban J connectivity index is 1.01. The second kappa shape index (κ2) is 14.4. The maximum absolute atomic E-state index is 14.3. The van der Waals surface area contributed by atoms with E-state index in [0.717, 1.165) is 79.7 Å². The van der Waals surface area contributed by atoms with Gasteiger partial charge in [-0.3, -0.25) is 9.59 Å². The first kappa shape index (κ1) is 33.5. The summed E-state index contributed by atoms with van der Waals surface area (Å²) >= 11 is 19.5. The van der Waals surface area contributed by atoms with Gasteiger partial charge in [-0.1, -0.05) is 53.0 Å². The van der Waals surface area contributed by atoms with Crippen LogP contribution in [0.15, 0.2) is 48.7 Å². The SMILES string of the molecule is Cc1cc(Cl)c(O[C@H]2CCN(c3ccc(C4CCNCC4C(=O)N(Cc4cc(CC(=O)NC5CC5)ccc4Cl)C4CC4)cn3)C2)c(Cl)c1. The second-order valence-corrected chi connectivity index (χ2v) is 15.1. The third-order valence-corrected chi connectivity index (χ3v) is 10.9. The Morgan fingerprint density at radius 3 is 2.50 bits per heavy atom. The highest BCUT2D eigenvalue weighted by molar-refractivity contribution is 6.37. The van der Waals surface area contributed by atoms with Crippen LogP contribution in [0.2, 0.25) is 15.1 Å². The van der Waals surface area contributed by atoms with Crippen molar-refractivity contribution in [3.63, 3.8) is 0 Å². The molecule has 7 rings (SSSR count). The summed E-state index contributed by atoms with van der Waals surface area (Å²) in [7, 11) is 0. The van der Waals surface area contributed by atoms with Crippen molar-refractivity contribution in [2.24, 2.45) is 5.92 Å². The molecule has 2 amide bonds. The molecule has 2 unspecified atom stereocenters. The molecule has 254 valence electrons. The molecule has 2 saturated carbocycles. The van der Waals surface area contributed by atoms with Gasteiger partial charge >= 0.3 is 0 Å². The van der Waals surface area contributed by atoms with Crippen LogP contribution in [0.5, 0.6) is 5.75 Å². The van der Waals surface area contributed by atoms with Gasteiger partial charge < -0.3 is 25.2 Å². The lowest BCUT2D eigenvalue weighted by molar-refractivity contribution is -0.138. The molecule has 3 heterocycles. The third-order valence-electron chi connectivity index (χ3n) is 9.92. The minimum absolute atomic E-state index is 0.0339. The molecule has 8 nitrogen and oxygen atoms in total. The Hall–Kier alpha value is -3.04. The molecule has 11 heteroatoms. The molecule has 3 atom stereocenters. The number of benzene rings is 2. The molecule has 2 N–H and O–H groups in total. The minimum Gasteiger partial charge on any atom is -0.485 e. The van der Waals surface area contributed by atoms with Gasteiger partial charge in [0.2, 0.25) is 11.8 Å². The highest BCUT2D eigenvalue weighted by Gasteiger charge is 2.40. The van der Waals surface area contributed by atoms with Crippen molar-refractivity contribution in [2.75, 3.05) is 31.1 Å². The minimum atomic E-state index is -0.202. The summed E-state index contributed by atoms with van der Waals surface area (Å²) in [4.78, 5) is 35.9. The Morgan fingerprint density at radius 1 is 1.00 bits per heavy atom. The van der Waals surface area contributed by atoms with Gasteiger partial charge in [0.15, 0.2) is 5.75 Å². The monoisotopic (exact) mass is 709 g/mol. The number of carbonyl (C=O) groups is 2. The van der Waals surface area contributed by atoms with Gasteiger partial charge in [0.25, 0.3) is 0 Å². The smallest absolute Gasteiger partial charge is 0.228 e. The van der Waals surface area contributed by atoms with E-state index in [1.54, 1.807) is 0 Å². The van der Waals surface area contributed by atoms with E-state index in [1.807, 2.05) is 48.4 Å². The molecular formula is C37H42Cl3N5O3. The number of rotatable bonds is 11. The van der Waals surface area contributed by atoms with Crippen LogP contribution in [-0.4, -0.2) is 66.1 Å². The van der Waals surface area contributed by atoms with Crippen molar-refractivity contribution in [3.05, 3.63) is 86.0 Å². The standard InChI is InChI=1S/C37H42Cl3N5O3/c1-22-14-32(39)36(33(40)15-22)48-28-11-13-44(21-28)34-9-3-24(18-42-34)29-10-12-41-19-30(29)37(47)45(27-6-7-27)20-25-16-23(2-8-31(25)38)17-35(46)43-26-4-5-26/h2-3,8-9,14-16,18,26-30,41H,4-7,10-13,17,19-21H2,1H3,(H,43,46)/t28-,29?,30?/m0/s1. The Morgan fingerprint density at radius 2 is 1.79 bits per heavy atom. The summed E-state index contributed by atoms with van der Waals surface area (Å²) in [6.07, 6.45) is 8.03. The first-order chi connectivity index (χ1) is 23.2. The van der Waals surface area contributed by atoms with Crippen molar-refractivity contribution >= 4 is 52.4 Å². The Kier molecular flexibility index (Phi) is 10.1. The topological polar surface area (TPSA) is 86.8 Å². The van der Waals surface area contributed by atoms with Crippen LogP contribution in [0.1, 0.15) is 66.7 Å². The van der Waals surface area contributed by atoms with Crippen LogP contribution in [0, 0.1) is 12.8 Å². The average Bonchev–Trinajstić information content (AvgIpc) is 4.02. The molecule has 48 heavy (non-hydrogen) atoms. The number of ether oxygens (including phenoxy) is 1. The lowest BCUT2D eigenvalue weighted by Gasteiger charge is -2.36. The number of aryl methyl sites for hydroxylation is 1. The number of anilines is 1. The van der Waals surface area contributed by atoms with Crippen LogP contribution < -0.4 is 20.3 Å². The zero-order valence-corrected chi connectivity index (χ0v) is 29.5. The fraction of sp³-hybridized carbons (Fsp3) is 0.486. The van der Waals surface area contributed by atoms with Gasteiger partial charge in [-0.15, -0.1) is 0 Å². The third kappa shape index (κ3) is 7.88. The normalized spacial score (nSPS) is 22.4. The van der Waals surface area contributed by atoms with E-state index in [-0.39, 0.29) is 35.8 Å². The number of halogens is 3. The number of nitrogens with zero attached hydrogens (tertiary/aromatic N) is 3. The fourth-order valence-corrected chi connectivity index (χ4v) is 7.90. The van der Waals surface area contributed by atoms with Crippen LogP contribution >= 0.6 is 34.8 Å². The number of amides is 2. The van der Waals surface area contributed by atoms with Gasteiger partial charge in [-0.2, -0.15) is 0 Å². The summed E-state index contributed by atoms with van der Waals surface area (Å²) in [6.45, 7) is 5.38. The molecule has 1 aromatic heterocycles. The molecular weight excluding hydrogens is 669 g/mol. The highest BCUT2D eigenvalue weighted by Crippen LogP contribution is 2.38. The lowest BCUT2D eigenvalue weighted by Crippen LogP contribution is -2.47. The largest absolute Gasteiger partial charge is 0.485 e. The molecule has 4 fully saturated rings. The molecule has 0 spiro atoms. The van der Waals surface area contributed by atoms with Gasteiger partial charge in [-0.05, 0) is 98.0 Å². The van der Waals surface area contributed by atoms with Crippen LogP contribution in [-0.2, 0) is 22.6 Å². The number of hydrogen-bond acceptors (Lipinski definition) is 6. The summed E-state index contributed by atoms with van der Waals surface area (Å²) in [5, 5.41) is 8.20. The average molecular weight is 711 g/mol. The maximum atomic E-state index is 14.3. The van der Waals surface area contributed by atoms with E-state index in [2.05, 4.69) is 27.7 Å². The van der Waals surface area contributed by atoms with E-state index >= 15 is 0 Å². The second-order valence-electron chi connectivity index (χ2n) is 13.8. The van der Waals surface area contributed by atoms with Crippen molar-refractivity contribution in [3.8, 4) is 5.75 Å². The van der Waals surface area contributed by atoms with Crippen molar-refractivity contribution in [1.82, 2.24) is 20.5 Å². The molecule has 4 aliphatic rings. The fourth-order valence-electron chi connectivity index (χ4n) is 7.04. The van der Waals surface area contributed by atoms with Crippen molar-refractivity contribution in [2.45, 2.75) is 82.5 Å². The van der Waals surface area contributed by atoms with E-state index in [0.29, 0.717) is 52.9 Å². The molecule has 2 aromatic carbocycles. The number of hydrogen-bond donors (Lipinski definition) is 2. The first-order valence-electron chi connectivity index (χ1n) is 17.1. The highest BCUT2D eigenvalue weighted by atomic mass is 35.5. The van der Waals surface area contributed by atoms with Gasteiger partial charge in [0, 0.05) is 49.4 Å². The van der Waals surface area contributed by atoms with Crippen molar-refractivity contribution in [1.29, 1.82) is 0 Å². The summed E-state index contributed by atoms with van der Waals surface area (Å²) in [5.74, 6) is 1.47. The Labute approximate surface area is 297 Å². The van der Waals surface area contributed by atoms with Crippen molar-refractivity contribution < 1.29 is 14.3 Å². The zero-order valence-electron chi connectivity index (χ0n) is 27.2. The number of aromatic nitrogens is 1. The summed E-state index contributed by atoms with van der Waals surface area (Å²) < 4.78 is 6.23. The predicted molar refractivity (Wildman–Crippen MR) is 190 cm³/mol. The molecule has 0 radical (unpaired) electrons. The summed E-state index contributed by atoms with van der Waals surface area (Å²) in [5.41, 5.74) is 3.88. The Bertz CT molecular complexity index is 1640. The number of carbonyl (C=O) groups excluding carboxylic acids is 2. The van der Waals surface area contributed by atoms with Gasteiger partial charge in [0.05, 0.1) is 28.9 Å². The molecule has 0 bridgehead atoms. The van der Waals surface area contributed by atoms with Crippen LogP contribution in [0.4, 0.5) is 5.82 Å². The molecule has 2 saturated heterocycles. The zero-order chi connectivity index (χ0) is 33.4. The number of nitrogens with one attached hydrogen (secondary N) is 2.